The summed E-state index contributed by atoms with van der Waals surface area (Å²) < 4.78 is 0. The molecule has 0 saturated carbocycles. The normalized spacial score (nSPS) is 8.94. The number of nitriles is 1. The second-order valence-corrected chi connectivity index (χ2v) is 3.48. The van der Waals surface area contributed by atoms with Crippen LogP contribution in [0.15, 0.2) is 18.2 Å². The van der Waals surface area contributed by atoms with Gasteiger partial charge in [0.25, 0.3) is 5.69 Å². The van der Waals surface area contributed by atoms with E-state index in [-0.39, 0.29) is 16.9 Å². The Kier molecular flexibility index (Phi) is 5.52. The standard InChI is InChI=1S/C7H5N3O2.C3H9N/c8-4-5-3-6(10(11)12)1-2-7(5)9;1-4(2)3/h1-3H,9H2;1-3H3. The summed E-state index contributed by atoms with van der Waals surface area (Å²) in [6, 6.07) is 5.51. The number of nitrogens with zero attached hydrogens (tertiary/aromatic N) is 3. The SMILES string of the molecule is CN(C)C.N#Cc1cc([N+](=O)[O-])ccc1N. The van der Waals surface area contributed by atoms with Gasteiger partial charge < -0.3 is 10.6 Å². The lowest BCUT2D eigenvalue weighted by molar-refractivity contribution is -0.384. The third kappa shape index (κ3) is 4.93. The molecule has 0 unspecified atom stereocenters. The number of benzene rings is 1. The number of nitrogen functional groups attached to an aromatic ring is 1. The van der Waals surface area contributed by atoms with E-state index in [1.54, 1.807) is 6.07 Å². The molecule has 0 heterocycles. The second kappa shape index (κ2) is 6.37. The highest BCUT2D eigenvalue weighted by Crippen LogP contribution is 2.18. The Morgan fingerprint density at radius 1 is 1.44 bits per heavy atom. The van der Waals surface area contributed by atoms with Gasteiger partial charge in [0.1, 0.15) is 6.07 Å². The number of non-ortho nitro benzene ring substituents is 1. The van der Waals surface area contributed by atoms with Crippen molar-refractivity contribution in [1.82, 2.24) is 4.90 Å². The summed E-state index contributed by atoms with van der Waals surface area (Å²) in [5, 5.41) is 18.7. The van der Waals surface area contributed by atoms with Crippen LogP contribution in [0.2, 0.25) is 0 Å². The molecule has 1 aromatic carbocycles. The van der Waals surface area contributed by atoms with Gasteiger partial charge in [-0.3, -0.25) is 10.1 Å². The van der Waals surface area contributed by atoms with Crippen molar-refractivity contribution in [2.75, 3.05) is 26.9 Å². The van der Waals surface area contributed by atoms with Crippen LogP contribution in [0.1, 0.15) is 5.56 Å². The molecule has 0 spiro atoms. The molecule has 0 atom stereocenters. The van der Waals surface area contributed by atoms with Crippen molar-refractivity contribution in [3.05, 3.63) is 33.9 Å². The van der Waals surface area contributed by atoms with E-state index in [1.807, 2.05) is 26.0 Å². The third-order valence-corrected chi connectivity index (χ3v) is 1.37. The van der Waals surface area contributed by atoms with Crippen LogP contribution >= 0.6 is 0 Å². The predicted octanol–water partition coefficient (Wildman–Crippen LogP) is 1.23. The summed E-state index contributed by atoms with van der Waals surface area (Å²) in [7, 11) is 6.00. The number of anilines is 1. The largest absolute Gasteiger partial charge is 0.398 e. The third-order valence-electron chi connectivity index (χ3n) is 1.37. The van der Waals surface area contributed by atoms with Crippen LogP contribution in [0, 0.1) is 21.4 Å². The van der Waals surface area contributed by atoms with E-state index in [2.05, 4.69) is 0 Å². The Morgan fingerprint density at radius 2 is 1.94 bits per heavy atom. The topological polar surface area (TPSA) is 96.2 Å². The summed E-state index contributed by atoms with van der Waals surface area (Å²) >= 11 is 0. The maximum Gasteiger partial charge on any atom is 0.270 e. The van der Waals surface area contributed by atoms with Gasteiger partial charge in [0.15, 0.2) is 0 Å². The van der Waals surface area contributed by atoms with E-state index in [0.29, 0.717) is 0 Å². The number of hydrogen-bond donors (Lipinski definition) is 1. The molecule has 16 heavy (non-hydrogen) atoms. The Labute approximate surface area is 94.0 Å². The van der Waals surface area contributed by atoms with Crippen LogP contribution in [-0.2, 0) is 0 Å². The highest BCUT2D eigenvalue weighted by molar-refractivity contribution is 5.58. The molecule has 0 bridgehead atoms. The lowest BCUT2D eigenvalue weighted by Crippen LogP contribution is -1.99. The fraction of sp³-hybridized carbons (Fsp3) is 0.300. The fourth-order valence-corrected chi connectivity index (χ4v) is 0.755. The number of nitrogens with two attached hydrogens (primary N) is 1. The molecule has 2 N–H and O–H groups in total. The van der Waals surface area contributed by atoms with E-state index in [4.69, 9.17) is 11.0 Å². The molecule has 6 heteroatoms. The number of rotatable bonds is 1. The van der Waals surface area contributed by atoms with Crippen LogP contribution in [0.3, 0.4) is 0 Å². The average molecular weight is 222 g/mol. The van der Waals surface area contributed by atoms with Crippen molar-refractivity contribution >= 4 is 11.4 Å². The first-order valence-corrected chi connectivity index (χ1v) is 4.43. The van der Waals surface area contributed by atoms with Gasteiger partial charge >= 0.3 is 0 Å². The zero-order valence-corrected chi connectivity index (χ0v) is 9.47. The molecule has 0 aliphatic heterocycles. The summed E-state index contributed by atoms with van der Waals surface area (Å²) in [5.74, 6) is 0. The van der Waals surface area contributed by atoms with Gasteiger partial charge in [0.05, 0.1) is 10.5 Å². The van der Waals surface area contributed by atoms with E-state index >= 15 is 0 Å². The van der Waals surface area contributed by atoms with Gasteiger partial charge in [-0.05, 0) is 27.2 Å². The predicted molar refractivity (Wildman–Crippen MR) is 61.8 cm³/mol. The summed E-state index contributed by atoms with van der Waals surface area (Å²) in [5.41, 5.74) is 5.61. The monoisotopic (exact) mass is 222 g/mol. The Balaban J connectivity index is 0.000000487. The minimum absolute atomic E-state index is 0.124. The lowest BCUT2D eigenvalue weighted by atomic mass is 10.2. The summed E-state index contributed by atoms with van der Waals surface area (Å²) in [4.78, 5) is 11.7. The van der Waals surface area contributed by atoms with Gasteiger partial charge in [-0.1, -0.05) is 0 Å². The first-order valence-electron chi connectivity index (χ1n) is 4.43. The molecule has 0 saturated heterocycles. The highest BCUT2D eigenvalue weighted by Gasteiger charge is 2.07. The zero-order valence-electron chi connectivity index (χ0n) is 9.47. The molecule has 0 aliphatic carbocycles. The van der Waals surface area contributed by atoms with Gasteiger partial charge in [-0.25, -0.2) is 0 Å². The van der Waals surface area contributed by atoms with Crippen LogP contribution in [0.5, 0.6) is 0 Å². The van der Waals surface area contributed by atoms with Crippen molar-refractivity contribution in [2.24, 2.45) is 0 Å². The van der Waals surface area contributed by atoms with Gasteiger partial charge in [0.2, 0.25) is 0 Å². The molecule has 0 aromatic heterocycles. The van der Waals surface area contributed by atoms with E-state index in [1.165, 1.54) is 12.1 Å². The van der Waals surface area contributed by atoms with Crippen molar-refractivity contribution < 1.29 is 4.92 Å². The smallest absolute Gasteiger partial charge is 0.270 e. The molecule has 0 radical (unpaired) electrons. The molecule has 1 aromatic rings. The van der Waals surface area contributed by atoms with Gasteiger partial charge in [-0.2, -0.15) is 5.26 Å². The van der Waals surface area contributed by atoms with Crippen molar-refractivity contribution in [1.29, 1.82) is 5.26 Å². The molecule has 0 aliphatic rings. The maximum absolute atomic E-state index is 10.2. The first-order chi connectivity index (χ1) is 7.38. The van der Waals surface area contributed by atoms with E-state index in [9.17, 15) is 10.1 Å². The number of hydrogen-bond acceptors (Lipinski definition) is 5. The van der Waals surface area contributed by atoms with E-state index < -0.39 is 4.92 Å². The number of nitro groups is 1. The summed E-state index contributed by atoms with van der Waals surface area (Å²) in [6.45, 7) is 0. The maximum atomic E-state index is 10.2. The minimum Gasteiger partial charge on any atom is -0.398 e. The summed E-state index contributed by atoms with van der Waals surface area (Å²) in [6.07, 6.45) is 0. The van der Waals surface area contributed by atoms with Crippen LogP contribution in [0.25, 0.3) is 0 Å². The van der Waals surface area contributed by atoms with Gasteiger partial charge in [0, 0.05) is 17.8 Å². The molecule has 86 valence electrons. The second-order valence-electron chi connectivity index (χ2n) is 3.48. The van der Waals surface area contributed by atoms with Crippen LogP contribution < -0.4 is 5.73 Å². The molecular weight excluding hydrogens is 208 g/mol. The lowest BCUT2D eigenvalue weighted by Gasteiger charge is -1.95. The Hall–Kier alpha value is -2.13. The first kappa shape index (κ1) is 13.9. The van der Waals surface area contributed by atoms with Crippen molar-refractivity contribution in [3.8, 4) is 6.07 Å². The number of nitro benzene ring substituents is 1. The Bertz CT molecular complexity index is 407. The van der Waals surface area contributed by atoms with E-state index in [0.717, 1.165) is 6.07 Å². The quantitative estimate of drug-likeness (QED) is 0.438. The van der Waals surface area contributed by atoms with Gasteiger partial charge in [-0.15, -0.1) is 0 Å². The highest BCUT2D eigenvalue weighted by atomic mass is 16.6. The Morgan fingerprint density at radius 3 is 2.31 bits per heavy atom. The van der Waals surface area contributed by atoms with Crippen LogP contribution in [-0.4, -0.2) is 31.0 Å². The molecule has 0 fully saturated rings. The minimum atomic E-state index is -0.569. The van der Waals surface area contributed by atoms with Crippen molar-refractivity contribution in [3.63, 3.8) is 0 Å². The molecular formula is C10H14N4O2. The van der Waals surface area contributed by atoms with Crippen molar-refractivity contribution in [2.45, 2.75) is 0 Å². The zero-order chi connectivity index (χ0) is 12.7. The molecule has 1 rings (SSSR count). The average Bonchev–Trinajstić information content (AvgIpc) is 2.17. The molecule has 6 nitrogen and oxygen atoms in total. The fourth-order valence-electron chi connectivity index (χ4n) is 0.755. The van der Waals surface area contributed by atoms with Crippen LogP contribution in [0.4, 0.5) is 11.4 Å². The molecule has 0 amide bonds.